The molecule has 0 amide bonds. The first-order valence-corrected chi connectivity index (χ1v) is 12.8. The third kappa shape index (κ3) is 3.47. The number of nitrogens with two attached hydrogens (primary N) is 1. The SMILES string of the molecule is NC1=NC2(CO1)c1cc(-c3cccnc3F)ccc1O[C@H]1CCN(S(=O)(=O)CC3CC3)C[C@@H]12. The maximum absolute atomic E-state index is 14.4. The molecule has 1 aliphatic carbocycles. The molecule has 3 atom stereocenters. The molecule has 10 heteroatoms. The number of rotatable bonds is 4. The van der Waals surface area contributed by atoms with Crippen molar-refractivity contribution in [3.63, 3.8) is 0 Å². The summed E-state index contributed by atoms with van der Waals surface area (Å²) >= 11 is 0. The van der Waals surface area contributed by atoms with Gasteiger partial charge in [-0.05, 0) is 55.0 Å². The number of aromatic nitrogens is 1. The number of ether oxygens (including phenoxy) is 2. The number of hydrogen-bond donors (Lipinski definition) is 1. The molecule has 2 N–H and O–H groups in total. The van der Waals surface area contributed by atoms with E-state index < -0.39 is 21.5 Å². The van der Waals surface area contributed by atoms with Gasteiger partial charge in [-0.3, -0.25) is 0 Å². The summed E-state index contributed by atoms with van der Waals surface area (Å²) in [6.07, 6.45) is 3.69. The van der Waals surface area contributed by atoms with Gasteiger partial charge in [0, 0.05) is 36.3 Å². The van der Waals surface area contributed by atoms with Crippen LogP contribution >= 0.6 is 0 Å². The fraction of sp³-hybridized carbons (Fsp3) is 0.478. The average Bonchev–Trinajstić information content (AvgIpc) is 3.52. The highest BCUT2D eigenvalue weighted by Crippen LogP contribution is 2.51. The van der Waals surface area contributed by atoms with Gasteiger partial charge in [-0.1, -0.05) is 6.07 Å². The van der Waals surface area contributed by atoms with E-state index in [0.717, 1.165) is 18.4 Å². The van der Waals surface area contributed by atoms with Gasteiger partial charge in [0.05, 0.1) is 5.75 Å². The van der Waals surface area contributed by atoms with Crippen LogP contribution in [0.15, 0.2) is 41.5 Å². The number of piperidine rings is 1. The standard InChI is InChI=1S/C23H25FN4O4S/c24-21-16(2-1-8-26-21)15-5-6-19-17(10-15)23(13-31-22(25)27-23)18-11-28(9-7-20(18)32-19)33(29,30)12-14-3-4-14/h1-2,5-6,8,10,14,18,20H,3-4,7,9,11-13H2,(H2,25,27)/t18-,20-,23?/m0/s1. The minimum absolute atomic E-state index is 0.0672. The van der Waals surface area contributed by atoms with Crippen molar-refractivity contribution in [3.8, 4) is 16.9 Å². The Morgan fingerprint density at radius 1 is 1.24 bits per heavy atom. The fourth-order valence-electron chi connectivity index (χ4n) is 5.32. The van der Waals surface area contributed by atoms with Gasteiger partial charge in [0.15, 0.2) is 0 Å². The third-order valence-corrected chi connectivity index (χ3v) is 9.22. The molecule has 6 rings (SSSR count). The minimum Gasteiger partial charge on any atom is -0.490 e. The van der Waals surface area contributed by atoms with Crippen molar-refractivity contribution in [1.82, 2.24) is 9.29 Å². The van der Waals surface area contributed by atoms with Crippen LogP contribution in [0.4, 0.5) is 4.39 Å². The molecular formula is C23H25FN4O4S. The van der Waals surface area contributed by atoms with Crippen LogP contribution in [0, 0.1) is 17.8 Å². The molecule has 0 radical (unpaired) electrons. The number of amidine groups is 1. The zero-order valence-electron chi connectivity index (χ0n) is 18.0. The smallest absolute Gasteiger partial charge is 0.283 e. The van der Waals surface area contributed by atoms with Gasteiger partial charge in [-0.25, -0.2) is 22.7 Å². The third-order valence-electron chi connectivity index (χ3n) is 7.21. The Labute approximate surface area is 191 Å². The van der Waals surface area contributed by atoms with E-state index in [0.29, 0.717) is 29.8 Å². The predicted molar refractivity (Wildman–Crippen MR) is 119 cm³/mol. The summed E-state index contributed by atoms with van der Waals surface area (Å²) in [6, 6.07) is 8.87. The first kappa shape index (κ1) is 20.9. The summed E-state index contributed by atoms with van der Waals surface area (Å²) in [5.41, 5.74) is 6.80. The van der Waals surface area contributed by atoms with Crippen LogP contribution in [0.5, 0.6) is 5.75 Å². The highest BCUT2D eigenvalue weighted by molar-refractivity contribution is 7.89. The van der Waals surface area contributed by atoms with Crippen LogP contribution in [0.25, 0.3) is 11.1 Å². The molecule has 1 spiro atoms. The maximum atomic E-state index is 14.4. The van der Waals surface area contributed by atoms with Gasteiger partial charge < -0.3 is 15.2 Å². The van der Waals surface area contributed by atoms with E-state index >= 15 is 0 Å². The van der Waals surface area contributed by atoms with E-state index in [1.165, 1.54) is 6.20 Å². The lowest BCUT2D eigenvalue weighted by molar-refractivity contribution is -0.00348. The average molecular weight is 473 g/mol. The molecule has 1 saturated heterocycles. The maximum Gasteiger partial charge on any atom is 0.283 e. The Bertz CT molecular complexity index is 1250. The number of sulfonamides is 1. The van der Waals surface area contributed by atoms with E-state index in [1.54, 1.807) is 22.5 Å². The quantitative estimate of drug-likeness (QED) is 0.684. The predicted octanol–water partition coefficient (Wildman–Crippen LogP) is 2.25. The van der Waals surface area contributed by atoms with Gasteiger partial charge in [0.2, 0.25) is 16.0 Å². The molecule has 4 aliphatic rings. The zero-order chi connectivity index (χ0) is 22.8. The second kappa shape index (κ2) is 7.39. The number of benzene rings is 1. The monoisotopic (exact) mass is 472 g/mol. The zero-order valence-corrected chi connectivity index (χ0v) is 18.8. The lowest BCUT2D eigenvalue weighted by atomic mass is 9.71. The fourth-order valence-corrected chi connectivity index (χ4v) is 7.23. The Kier molecular flexibility index (Phi) is 4.67. The summed E-state index contributed by atoms with van der Waals surface area (Å²) in [5.74, 6) is 0.261. The van der Waals surface area contributed by atoms with Crippen LogP contribution in [-0.4, -0.2) is 55.3 Å². The van der Waals surface area contributed by atoms with E-state index in [-0.39, 0.29) is 42.9 Å². The Hall–Kier alpha value is -2.72. The molecule has 8 nitrogen and oxygen atoms in total. The topological polar surface area (TPSA) is 107 Å². The largest absolute Gasteiger partial charge is 0.490 e. The van der Waals surface area contributed by atoms with Crippen molar-refractivity contribution in [3.05, 3.63) is 48.0 Å². The Morgan fingerprint density at radius 3 is 2.82 bits per heavy atom. The van der Waals surface area contributed by atoms with E-state index in [4.69, 9.17) is 20.2 Å². The molecule has 1 saturated carbocycles. The number of hydrogen-bond acceptors (Lipinski definition) is 7. The molecule has 174 valence electrons. The first-order chi connectivity index (χ1) is 15.9. The second-order valence-electron chi connectivity index (χ2n) is 9.35. The number of aliphatic imine (C=N–C) groups is 1. The molecule has 2 fully saturated rings. The van der Waals surface area contributed by atoms with Crippen LogP contribution in [0.1, 0.15) is 24.8 Å². The Balaban J connectivity index is 1.42. The second-order valence-corrected chi connectivity index (χ2v) is 11.4. The molecule has 33 heavy (non-hydrogen) atoms. The summed E-state index contributed by atoms with van der Waals surface area (Å²) in [6.45, 7) is 0.886. The van der Waals surface area contributed by atoms with Crippen LogP contribution < -0.4 is 10.5 Å². The molecular weight excluding hydrogens is 447 g/mol. The van der Waals surface area contributed by atoms with E-state index in [1.807, 2.05) is 12.1 Å². The summed E-state index contributed by atoms with van der Waals surface area (Å²) in [5, 5.41) is 0. The number of fused-ring (bicyclic) bond motifs is 4. The molecule has 0 bridgehead atoms. The van der Waals surface area contributed by atoms with Crippen LogP contribution in [-0.2, 0) is 20.3 Å². The van der Waals surface area contributed by atoms with Gasteiger partial charge in [0.1, 0.15) is 24.0 Å². The van der Waals surface area contributed by atoms with Gasteiger partial charge in [0.25, 0.3) is 6.02 Å². The number of nitrogens with zero attached hydrogens (tertiary/aromatic N) is 3. The molecule has 1 aromatic carbocycles. The lowest BCUT2D eigenvalue weighted by Gasteiger charge is -2.48. The van der Waals surface area contributed by atoms with Gasteiger partial charge in [-0.2, -0.15) is 4.39 Å². The van der Waals surface area contributed by atoms with Gasteiger partial charge >= 0.3 is 0 Å². The van der Waals surface area contributed by atoms with Crippen molar-refractivity contribution < 1.29 is 22.3 Å². The van der Waals surface area contributed by atoms with Crippen LogP contribution in [0.3, 0.4) is 0 Å². The molecule has 4 heterocycles. The van der Waals surface area contributed by atoms with E-state index in [2.05, 4.69) is 4.98 Å². The summed E-state index contributed by atoms with van der Waals surface area (Å²) in [4.78, 5) is 8.47. The number of pyridine rings is 1. The van der Waals surface area contributed by atoms with E-state index in [9.17, 15) is 12.8 Å². The molecule has 2 aromatic rings. The van der Waals surface area contributed by atoms with Crippen molar-refractivity contribution in [2.24, 2.45) is 22.6 Å². The molecule has 1 unspecified atom stereocenters. The van der Waals surface area contributed by atoms with Crippen molar-refractivity contribution >= 4 is 16.0 Å². The van der Waals surface area contributed by atoms with Crippen LogP contribution in [0.2, 0.25) is 0 Å². The normalized spacial score (nSPS) is 29.1. The summed E-state index contributed by atoms with van der Waals surface area (Å²) < 4.78 is 54.1. The highest BCUT2D eigenvalue weighted by atomic mass is 32.2. The van der Waals surface area contributed by atoms with Crippen molar-refractivity contribution in [1.29, 1.82) is 0 Å². The Morgan fingerprint density at radius 2 is 2.09 bits per heavy atom. The van der Waals surface area contributed by atoms with Gasteiger partial charge in [-0.15, -0.1) is 0 Å². The first-order valence-electron chi connectivity index (χ1n) is 11.2. The number of halogens is 1. The van der Waals surface area contributed by atoms with Crippen molar-refractivity contribution in [2.75, 3.05) is 25.4 Å². The summed E-state index contributed by atoms with van der Waals surface area (Å²) in [7, 11) is -3.37. The molecule has 1 aromatic heterocycles. The minimum atomic E-state index is -3.37. The lowest BCUT2D eigenvalue weighted by Crippen LogP contribution is -2.58. The molecule has 3 aliphatic heterocycles. The van der Waals surface area contributed by atoms with Crippen molar-refractivity contribution in [2.45, 2.75) is 30.9 Å². The highest BCUT2D eigenvalue weighted by Gasteiger charge is 2.56.